The molecule has 2 N–H and O–H groups in total. The minimum Gasteiger partial charge on any atom is -0.481 e. The van der Waals surface area contributed by atoms with E-state index in [2.05, 4.69) is 5.32 Å². The van der Waals surface area contributed by atoms with E-state index in [1.54, 1.807) is 26.0 Å². The van der Waals surface area contributed by atoms with Gasteiger partial charge in [0.15, 0.2) is 0 Å². The number of aryl methyl sites for hydroxylation is 1. The molecule has 0 aliphatic heterocycles. The molecule has 1 aromatic carbocycles. The normalized spacial score (nSPS) is 23.8. The van der Waals surface area contributed by atoms with Crippen LogP contribution in [-0.4, -0.2) is 17.0 Å². The number of nitrogens with one attached hydrogen (secondary N) is 1. The molecule has 4 nitrogen and oxygen atoms in total. The molecule has 1 fully saturated rings. The van der Waals surface area contributed by atoms with Crippen LogP contribution in [0, 0.1) is 24.2 Å². The second-order valence-corrected chi connectivity index (χ2v) is 5.98. The summed E-state index contributed by atoms with van der Waals surface area (Å²) in [7, 11) is 0. The lowest BCUT2D eigenvalue weighted by atomic mass is 10.1. The molecule has 0 unspecified atom stereocenters. The second-order valence-electron chi connectivity index (χ2n) is 5.57. The molecule has 2 atom stereocenters. The zero-order valence-corrected chi connectivity index (χ0v) is 11.8. The Morgan fingerprint density at radius 3 is 2.42 bits per heavy atom. The van der Waals surface area contributed by atoms with Crippen LogP contribution in [0.15, 0.2) is 18.2 Å². The molecule has 1 aliphatic rings. The molecular formula is C14H16ClNO3. The third-order valence-corrected chi connectivity index (χ3v) is 4.22. The third kappa shape index (κ3) is 2.45. The molecule has 1 aromatic rings. The lowest BCUT2D eigenvalue weighted by Gasteiger charge is -2.07. The van der Waals surface area contributed by atoms with E-state index in [4.69, 9.17) is 16.7 Å². The summed E-state index contributed by atoms with van der Waals surface area (Å²) >= 11 is 5.98. The van der Waals surface area contributed by atoms with Crippen LogP contribution in [-0.2, 0) is 9.59 Å². The first-order valence-corrected chi connectivity index (χ1v) is 6.42. The number of hydrogen-bond donors (Lipinski definition) is 2. The molecule has 0 bridgehead atoms. The third-order valence-electron chi connectivity index (χ3n) is 3.82. The predicted octanol–water partition coefficient (Wildman–Crippen LogP) is 2.94. The van der Waals surface area contributed by atoms with Crippen molar-refractivity contribution in [2.24, 2.45) is 17.3 Å². The first-order valence-electron chi connectivity index (χ1n) is 6.05. The van der Waals surface area contributed by atoms with Gasteiger partial charge in [0.25, 0.3) is 0 Å². The van der Waals surface area contributed by atoms with E-state index < -0.39 is 23.2 Å². The van der Waals surface area contributed by atoms with Gasteiger partial charge in [-0.1, -0.05) is 31.5 Å². The van der Waals surface area contributed by atoms with Gasteiger partial charge in [0.2, 0.25) is 5.91 Å². The summed E-state index contributed by atoms with van der Waals surface area (Å²) in [5.74, 6) is -2.30. The van der Waals surface area contributed by atoms with E-state index in [9.17, 15) is 9.59 Å². The van der Waals surface area contributed by atoms with Gasteiger partial charge in [0.1, 0.15) is 0 Å². The number of rotatable bonds is 3. The van der Waals surface area contributed by atoms with E-state index in [1.165, 1.54) is 0 Å². The maximum absolute atomic E-state index is 12.1. The molecule has 0 spiro atoms. The first-order chi connectivity index (χ1) is 8.75. The summed E-state index contributed by atoms with van der Waals surface area (Å²) < 4.78 is 0. The van der Waals surface area contributed by atoms with Crippen molar-refractivity contribution in [2.75, 3.05) is 5.32 Å². The van der Waals surface area contributed by atoms with Crippen LogP contribution in [0.2, 0.25) is 5.02 Å². The van der Waals surface area contributed by atoms with Gasteiger partial charge in [-0.05, 0) is 30.0 Å². The van der Waals surface area contributed by atoms with Gasteiger partial charge in [0.05, 0.1) is 11.8 Å². The maximum atomic E-state index is 12.1. The number of hydrogen-bond acceptors (Lipinski definition) is 2. The highest BCUT2D eigenvalue weighted by Gasteiger charge is 2.65. The Kier molecular flexibility index (Phi) is 3.31. The minimum absolute atomic E-state index is 0.266. The molecule has 5 heteroatoms. The van der Waals surface area contributed by atoms with Crippen LogP contribution in [0.3, 0.4) is 0 Å². The second kappa shape index (κ2) is 4.53. The highest BCUT2D eigenvalue weighted by atomic mass is 35.5. The molecule has 1 amide bonds. The number of aliphatic carboxylic acids is 1. The predicted molar refractivity (Wildman–Crippen MR) is 73.2 cm³/mol. The number of halogens is 1. The molecule has 102 valence electrons. The summed E-state index contributed by atoms with van der Waals surface area (Å²) in [5, 5.41) is 12.4. The van der Waals surface area contributed by atoms with E-state index in [-0.39, 0.29) is 5.91 Å². The van der Waals surface area contributed by atoms with Crippen LogP contribution >= 0.6 is 11.6 Å². The van der Waals surface area contributed by atoms with Gasteiger partial charge in [-0.3, -0.25) is 9.59 Å². The van der Waals surface area contributed by atoms with Crippen LogP contribution < -0.4 is 5.32 Å². The molecular weight excluding hydrogens is 266 g/mol. The SMILES string of the molecule is Cc1ccc(NC(=O)[C@H]2[C@@H](C(=O)O)C2(C)C)cc1Cl. The van der Waals surface area contributed by atoms with Crippen LogP contribution in [0.25, 0.3) is 0 Å². The summed E-state index contributed by atoms with van der Waals surface area (Å²) in [4.78, 5) is 23.1. The molecule has 0 saturated heterocycles. The summed E-state index contributed by atoms with van der Waals surface area (Å²) in [6.45, 7) is 5.45. The Morgan fingerprint density at radius 1 is 1.32 bits per heavy atom. The van der Waals surface area contributed by atoms with Crippen LogP contribution in [0.5, 0.6) is 0 Å². The lowest BCUT2D eigenvalue weighted by Crippen LogP contribution is -2.17. The van der Waals surface area contributed by atoms with Gasteiger partial charge in [-0.25, -0.2) is 0 Å². The average Bonchev–Trinajstić information content (AvgIpc) is 2.87. The van der Waals surface area contributed by atoms with Gasteiger partial charge in [0, 0.05) is 10.7 Å². The van der Waals surface area contributed by atoms with Gasteiger partial charge < -0.3 is 10.4 Å². The lowest BCUT2D eigenvalue weighted by molar-refractivity contribution is -0.140. The summed E-state index contributed by atoms with van der Waals surface area (Å²) in [5.41, 5.74) is 1.02. The number of carbonyl (C=O) groups is 2. The fourth-order valence-corrected chi connectivity index (χ4v) is 2.66. The Bertz CT molecular complexity index is 554. The largest absolute Gasteiger partial charge is 0.481 e. The van der Waals surface area contributed by atoms with Crippen molar-refractivity contribution in [3.63, 3.8) is 0 Å². The standard InChI is InChI=1S/C14H16ClNO3/c1-7-4-5-8(6-9(7)15)16-12(17)10-11(13(18)19)14(10,2)3/h4-6,10-11H,1-3H3,(H,16,17)(H,18,19)/t10-,11+/m1/s1. The zero-order valence-electron chi connectivity index (χ0n) is 11.0. The van der Waals surface area contributed by atoms with Gasteiger partial charge in [-0.2, -0.15) is 0 Å². The number of anilines is 1. The summed E-state index contributed by atoms with van der Waals surface area (Å²) in [6.07, 6.45) is 0. The van der Waals surface area contributed by atoms with E-state index >= 15 is 0 Å². The number of amides is 1. The number of benzene rings is 1. The monoisotopic (exact) mass is 281 g/mol. The highest BCUT2D eigenvalue weighted by Crippen LogP contribution is 2.58. The molecule has 0 heterocycles. The summed E-state index contributed by atoms with van der Waals surface area (Å²) in [6, 6.07) is 5.23. The zero-order chi connectivity index (χ0) is 14.4. The number of carbonyl (C=O) groups excluding carboxylic acids is 1. The Balaban J connectivity index is 2.10. The molecule has 0 radical (unpaired) electrons. The van der Waals surface area contributed by atoms with E-state index in [0.717, 1.165) is 5.56 Å². The van der Waals surface area contributed by atoms with E-state index in [1.807, 2.05) is 13.0 Å². The molecule has 19 heavy (non-hydrogen) atoms. The Morgan fingerprint density at radius 2 is 1.95 bits per heavy atom. The van der Waals surface area contributed by atoms with Crippen LogP contribution in [0.1, 0.15) is 19.4 Å². The average molecular weight is 282 g/mol. The van der Waals surface area contributed by atoms with Crippen molar-refractivity contribution in [1.82, 2.24) is 0 Å². The number of carboxylic acid groups (broad SMARTS) is 1. The van der Waals surface area contributed by atoms with Gasteiger partial charge in [-0.15, -0.1) is 0 Å². The van der Waals surface area contributed by atoms with Crippen LogP contribution in [0.4, 0.5) is 5.69 Å². The minimum atomic E-state index is -0.924. The topological polar surface area (TPSA) is 66.4 Å². The van der Waals surface area contributed by atoms with Crippen molar-refractivity contribution < 1.29 is 14.7 Å². The van der Waals surface area contributed by atoms with Crippen molar-refractivity contribution in [3.05, 3.63) is 28.8 Å². The van der Waals surface area contributed by atoms with Crippen molar-refractivity contribution in [1.29, 1.82) is 0 Å². The van der Waals surface area contributed by atoms with Gasteiger partial charge >= 0.3 is 5.97 Å². The quantitative estimate of drug-likeness (QED) is 0.895. The fourth-order valence-electron chi connectivity index (χ4n) is 2.48. The fraction of sp³-hybridized carbons (Fsp3) is 0.429. The Labute approximate surface area is 116 Å². The van der Waals surface area contributed by atoms with Crippen molar-refractivity contribution >= 4 is 29.2 Å². The molecule has 0 aromatic heterocycles. The number of carboxylic acids is 1. The molecule has 1 aliphatic carbocycles. The van der Waals surface area contributed by atoms with Crippen molar-refractivity contribution in [2.45, 2.75) is 20.8 Å². The first kappa shape index (κ1) is 13.9. The van der Waals surface area contributed by atoms with E-state index in [0.29, 0.717) is 10.7 Å². The molecule has 2 rings (SSSR count). The smallest absolute Gasteiger partial charge is 0.307 e. The highest BCUT2D eigenvalue weighted by molar-refractivity contribution is 6.31. The maximum Gasteiger partial charge on any atom is 0.307 e. The molecule has 1 saturated carbocycles. The Hall–Kier alpha value is -1.55. The van der Waals surface area contributed by atoms with Crippen molar-refractivity contribution in [3.8, 4) is 0 Å².